The third-order valence-electron chi connectivity index (χ3n) is 3.81. The predicted molar refractivity (Wildman–Crippen MR) is 105 cm³/mol. The van der Waals surface area contributed by atoms with E-state index < -0.39 is 6.04 Å². The van der Waals surface area contributed by atoms with E-state index in [0.717, 1.165) is 16.0 Å². The number of fused-ring (bicyclic) bond motifs is 1. The summed E-state index contributed by atoms with van der Waals surface area (Å²) in [6, 6.07) is 8.44. The summed E-state index contributed by atoms with van der Waals surface area (Å²) in [6.45, 7) is 3.78. The Bertz CT molecular complexity index is 919. The second-order valence-corrected chi connectivity index (χ2v) is 7.99. The molecule has 6 nitrogen and oxygen atoms in total. The van der Waals surface area contributed by atoms with Crippen molar-refractivity contribution in [2.45, 2.75) is 19.9 Å². The first-order valence-corrected chi connectivity index (χ1v) is 9.77. The van der Waals surface area contributed by atoms with Gasteiger partial charge >= 0.3 is 0 Å². The number of amides is 2. The van der Waals surface area contributed by atoms with Crippen LogP contribution in [0.1, 0.15) is 23.5 Å². The molecule has 2 N–H and O–H groups in total. The van der Waals surface area contributed by atoms with Crippen LogP contribution in [-0.2, 0) is 4.79 Å². The Labute approximate surface area is 159 Å². The van der Waals surface area contributed by atoms with E-state index >= 15 is 0 Å². The minimum absolute atomic E-state index is 0.0617. The molecule has 26 heavy (non-hydrogen) atoms. The number of carbonyl (C=O) groups is 2. The van der Waals surface area contributed by atoms with Crippen LogP contribution in [0.15, 0.2) is 35.7 Å². The molecule has 0 radical (unpaired) electrons. The molecule has 136 valence electrons. The summed E-state index contributed by atoms with van der Waals surface area (Å²) >= 11 is 2.71. The maximum absolute atomic E-state index is 12.7. The van der Waals surface area contributed by atoms with Crippen LogP contribution in [-0.4, -0.2) is 29.9 Å². The number of ether oxygens (including phenoxy) is 1. The Kier molecular flexibility index (Phi) is 5.53. The zero-order chi connectivity index (χ0) is 18.7. The van der Waals surface area contributed by atoms with Gasteiger partial charge in [0, 0.05) is 0 Å². The molecule has 0 aliphatic carbocycles. The lowest BCUT2D eigenvalue weighted by Gasteiger charge is -2.20. The van der Waals surface area contributed by atoms with Crippen molar-refractivity contribution in [3.63, 3.8) is 0 Å². The third kappa shape index (κ3) is 4.03. The fourth-order valence-electron chi connectivity index (χ4n) is 2.42. The van der Waals surface area contributed by atoms with Crippen LogP contribution in [0.25, 0.3) is 10.2 Å². The van der Waals surface area contributed by atoms with Crippen molar-refractivity contribution in [3.05, 3.63) is 40.6 Å². The van der Waals surface area contributed by atoms with Gasteiger partial charge in [-0.05, 0) is 35.6 Å². The molecule has 0 unspecified atom stereocenters. The summed E-state index contributed by atoms with van der Waals surface area (Å²) in [5.41, 5.74) is 0.787. The number of hydrogen-bond donors (Lipinski definition) is 2. The molecule has 0 bridgehead atoms. The summed E-state index contributed by atoms with van der Waals surface area (Å²) < 4.78 is 6.13. The fraction of sp³-hybridized carbons (Fsp3) is 0.278. The Balaban J connectivity index is 1.74. The Hall–Kier alpha value is -2.45. The van der Waals surface area contributed by atoms with Gasteiger partial charge in [0.05, 0.1) is 22.2 Å². The summed E-state index contributed by atoms with van der Waals surface area (Å²) in [5.74, 6) is 0.148. The van der Waals surface area contributed by atoms with Crippen molar-refractivity contribution < 1.29 is 14.3 Å². The van der Waals surface area contributed by atoms with Crippen molar-refractivity contribution in [1.82, 2.24) is 10.3 Å². The first-order chi connectivity index (χ1) is 12.5. The first kappa shape index (κ1) is 18.3. The standard InChI is InChI=1S/C18H19N3O3S2/c1-10(2)15(20-16(22)13-5-4-8-25-13)17(23)21-18-19-12-7-6-11(24-3)9-14(12)26-18/h4-10,15H,1-3H3,(H,20,22)(H,19,21,23)/t15-/m1/s1. The van der Waals surface area contributed by atoms with Crippen molar-refractivity contribution in [1.29, 1.82) is 0 Å². The first-order valence-electron chi connectivity index (χ1n) is 8.07. The number of rotatable bonds is 6. The topological polar surface area (TPSA) is 80.3 Å². The van der Waals surface area contributed by atoms with Crippen molar-refractivity contribution in [3.8, 4) is 5.75 Å². The van der Waals surface area contributed by atoms with E-state index in [1.165, 1.54) is 22.7 Å². The number of hydrogen-bond acceptors (Lipinski definition) is 6. The predicted octanol–water partition coefficient (Wildman–Crippen LogP) is 3.76. The number of aromatic nitrogens is 1. The van der Waals surface area contributed by atoms with Gasteiger partial charge in [0.15, 0.2) is 5.13 Å². The van der Waals surface area contributed by atoms with Gasteiger partial charge in [0.2, 0.25) is 5.91 Å². The number of nitrogens with zero attached hydrogens (tertiary/aromatic N) is 1. The van der Waals surface area contributed by atoms with Gasteiger partial charge in [-0.25, -0.2) is 4.98 Å². The molecule has 2 heterocycles. The smallest absolute Gasteiger partial charge is 0.262 e. The highest BCUT2D eigenvalue weighted by Gasteiger charge is 2.26. The second kappa shape index (κ2) is 7.84. The van der Waals surface area contributed by atoms with Crippen LogP contribution >= 0.6 is 22.7 Å². The van der Waals surface area contributed by atoms with E-state index in [2.05, 4.69) is 15.6 Å². The SMILES string of the molecule is COc1ccc2nc(NC(=O)[C@H](NC(=O)c3cccs3)C(C)C)sc2c1. The van der Waals surface area contributed by atoms with Crippen molar-refractivity contribution in [2.24, 2.45) is 5.92 Å². The number of anilines is 1. The quantitative estimate of drug-likeness (QED) is 0.673. The van der Waals surface area contributed by atoms with Crippen LogP contribution in [0, 0.1) is 5.92 Å². The highest BCUT2D eigenvalue weighted by Crippen LogP contribution is 2.29. The zero-order valence-corrected chi connectivity index (χ0v) is 16.2. The lowest BCUT2D eigenvalue weighted by atomic mass is 10.0. The average Bonchev–Trinajstić information content (AvgIpc) is 3.27. The van der Waals surface area contributed by atoms with Crippen LogP contribution in [0.4, 0.5) is 5.13 Å². The number of methoxy groups -OCH3 is 1. The highest BCUT2D eigenvalue weighted by atomic mass is 32.1. The molecule has 2 amide bonds. The second-order valence-electron chi connectivity index (χ2n) is 6.01. The molecule has 1 aromatic carbocycles. The molecule has 3 aromatic rings. The molecule has 0 saturated heterocycles. The van der Waals surface area contributed by atoms with E-state index in [0.29, 0.717) is 10.0 Å². The van der Waals surface area contributed by atoms with Gasteiger partial charge in [-0.1, -0.05) is 31.3 Å². The molecule has 1 atom stereocenters. The van der Waals surface area contributed by atoms with E-state index in [1.54, 1.807) is 19.2 Å². The van der Waals surface area contributed by atoms with Crippen LogP contribution in [0.3, 0.4) is 0 Å². The van der Waals surface area contributed by atoms with Crippen LogP contribution in [0.5, 0.6) is 5.75 Å². The molecule has 0 spiro atoms. The van der Waals surface area contributed by atoms with Crippen molar-refractivity contribution in [2.75, 3.05) is 12.4 Å². The lowest BCUT2D eigenvalue weighted by molar-refractivity contribution is -0.118. The Morgan fingerprint density at radius 3 is 2.69 bits per heavy atom. The molecule has 0 aliphatic rings. The van der Waals surface area contributed by atoms with Crippen molar-refractivity contribution >= 4 is 49.8 Å². The van der Waals surface area contributed by atoms with Gasteiger partial charge in [-0.3, -0.25) is 9.59 Å². The molecule has 0 fully saturated rings. The summed E-state index contributed by atoms with van der Waals surface area (Å²) in [7, 11) is 1.61. The Morgan fingerprint density at radius 2 is 2.04 bits per heavy atom. The van der Waals surface area contributed by atoms with E-state index in [9.17, 15) is 9.59 Å². The molecule has 0 aliphatic heterocycles. The monoisotopic (exact) mass is 389 g/mol. The van der Waals surface area contributed by atoms with E-state index in [4.69, 9.17) is 4.74 Å². The molecule has 3 rings (SSSR count). The average molecular weight is 390 g/mol. The molecule has 8 heteroatoms. The Morgan fingerprint density at radius 1 is 1.23 bits per heavy atom. The number of thiophene rings is 1. The normalized spacial score (nSPS) is 12.2. The maximum Gasteiger partial charge on any atom is 0.262 e. The molecule has 0 saturated carbocycles. The minimum Gasteiger partial charge on any atom is -0.497 e. The van der Waals surface area contributed by atoms with Crippen LogP contribution in [0.2, 0.25) is 0 Å². The summed E-state index contributed by atoms with van der Waals surface area (Å²) in [6.07, 6.45) is 0. The van der Waals surface area contributed by atoms with Crippen LogP contribution < -0.4 is 15.4 Å². The molecule has 2 aromatic heterocycles. The van der Waals surface area contributed by atoms with Gasteiger partial charge in [0.25, 0.3) is 5.91 Å². The lowest BCUT2D eigenvalue weighted by Crippen LogP contribution is -2.46. The number of benzene rings is 1. The number of carbonyl (C=O) groups excluding carboxylic acids is 2. The van der Waals surface area contributed by atoms with Gasteiger partial charge in [-0.2, -0.15) is 0 Å². The maximum atomic E-state index is 12.7. The largest absolute Gasteiger partial charge is 0.497 e. The van der Waals surface area contributed by atoms with Gasteiger partial charge < -0.3 is 15.4 Å². The fourth-order valence-corrected chi connectivity index (χ4v) is 3.95. The summed E-state index contributed by atoms with van der Waals surface area (Å²) in [4.78, 5) is 30.0. The third-order valence-corrected chi connectivity index (χ3v) is 5.61. The minimum atomic E-state index is -0.647. The van der Waals surface area contributed by atoms with Gasteiger partial charge in [0.1, 0.15) is 11.8 Å². The number of thiazole rings is 1. The van der Waals surface area contributed by atoms with Gasteiger partial charge in [-0.15, -0.1) is 11.3 Å². The zero-order valence-electron chi connectivity index (χ0n) is 14.6. The van der Waals surface area contributed by atoms with E-state index in [1.807, 2.05) is 37.4 Å². The number of nitrogens with one attached hydrogen (secondary N) is 2. The molecular weight excluding hydrogens is 370 g/mol. The molecular formula is C18H19N3O3S2. The highest BCUT2D eigenvalue weighted by molar-refractivity contribution is 7.22. The summed E-state index contributed by atoms with van der Waals surface area (Å²) in [5, 5.41) is 7.95. The van der Waals surface area contributed by atoms with E-state index in [-0.39, 0.29) is 17.7 Å².